The molecule has 0 aromatic heterocycles. The van der Waals surface area contributed by atoms with Crippen molar-refractivity contribution in [1.82, 2.24) is 0 Å². The normalized spacial score (nSPS) is 11.7. The average molecular weight is 282 g/mol. The van der Waals surface area contributed by atoms with Crippen molar-refractivity contribution in [3.05, 3.63) is 71.3 Å². The van der Waals surface area contributed by atoms with E-state index in [4.69, 9.17) is 4.74 Å². The van der Waals surface area contributed by atoms with E-state index in [0.29, 0.717) is 0 Å². The first-order chi connectivity index (χ1) is 10.2. The van der Waals surface area contributed by atoms with Crippen molar-refractivity contribution in [2.24, 2.45) is 0 Å². The molecule has 0 aliphatic rings. The van der Waals surface area contributed by atoms with Crippen molar-refractivity contribution in [3.63, 3.8) is 0 Å². The van der Waals surface area contributed by atoms with Gasteiger partial charge >= 0.3 is 5.97 Å². The quantitative estimate of drug-likeness (QED) is 0.604. The molecule has 0 aliphatic heterocycles. The standard InChI is InChI=1S/C18H18O3/c1-21-18(20)17(11-12-19)16-9-7-15(8-10-16)13-14-5-3-2-4-6-14/h2-10,12,17H,11,13H2,1H3. The highest BCUT2D eigenvalue weighted by Gasteiger charge is 2.20. The number of esters is 1. The molecule has 0 spiro atoms. The topological polar surface area (TPSA) is 43.4 Å². The molecule has 0 saturated heterocycles. The molecule has 1 unspecified atom stereocenters. The summed E-state index contributed by atoms with van der Waals surface area (Å²) in [7, 11) is 1.34. The van der Waals surface area contributed by atoms with Crippen molar-refractivity contribution >= 4 is 12.3 Å². The Hall–Kier alpha value is -2.42. The molecular formula is C18H18O3. The zero-order chi connectivity index (χ0) is 15.1. The summed E-state index contributed by atoms with van der Waals surface area (Å²) < 4.78 is 4.75. The fourth-order valence-electron chi connectivity index (χ4n) is 2.31. The molecule has 0 aliphatic carbocycles. The van der Waals surface area contributed by atoms with Crippen LogP contribution in [0.25, 0.3) is 0 Å². The zero-order valence-electron chi connectivity index (χ0n) is 12.0. The van der Waals surface area contributed by atoms with E-state index in [2.05, 4.69) is 12.1 Å². The van der Waals surface area contributed by atoms with Crippen LogP contribution in [0.2, 0.25) is 0 Å². The number of methoxy groups -OCH3 is 1. The molecule has 3 nitrogen and oxygen atoms in total. The minimum atomic E-state index is -0.515. The van der Waals surface area contributed by atoms with Gasteiger partial charge in [-0.1, -0.05) is 54.6 Å². The second kappa shape index (κ2) is 7.39. The molecule has 1 atom stereocenters. The predicted molar refractivity (Wildman–Crippen MR) is 81.1 cm³/mol. The minimum absolute atomic E-state index is 0.144. The van der Waals surface area contributed by atoms with Crippen molar-refractivity contribution in [2.45, 2.75) is 18.8 Å². The summed E-state index contributed by atoms with van der Waals surface area (Å²) in [5.41, 5.74) is 3.22. The highest BCUT2D eigenvalue weighted by atomic mass is 16.5. The largest absolute Gasteiger partial charge is 0.469 e. The first kappa shape index (κ1) is 15.0. The Morgan fingerprint density at radius 2 is 1.67 bits per heavy atom. The van der Waals surface area contributed by atoms with Gasteiger partial charge in [0.25, 0.3) is 0 Å². The number of carbonyl (C=O) groups excluding carboxylic acids is 2. The third-order valence-corrected chi connectivity index (χ3v) is 3.45. The van der Waals surface area contributed by atoms with E-state index in [0.717, 1.165) is 18.3 Å². The van der Waals surface area contributed by atoms with E-state index in [-0.39, 0.29) is 12.4 Å². The summed E-state index contributed by atoms with van der Waals surface area (Å²) in [6, 6.07) is 17.9. The van der Waals surface area contributed by atoms with Gasteiger partial charge in [0.2, 0.25) is 0 Å². The van der Waals surface area contributed by atoms with Crippen molar-refractivity contribution in [2.75, 3.05) is 7.11 Å². The van der Waals surface area contributed by atoms with Crippen LogP contribution in [0.4, 0.5) is 0 Å². The number of carbonyl (C=O) groups is 2. The van der Waals surface area contributed by atoms with Gasteiger partial charge in [-0.3, -0.25) is 4.79 Å². The first-order valence-corrected chi connectivity index (χ1v) is 6.89. The minimum Gasteiger partial charge on any atom is -0.469 e. The average Bonchev–Trinajstić information content (AvgIpc) is 2.54. The lowest BCUT2D eigenvalue weighted by Gasteiger charge is -2.12. The molecule has 108 valence electrons. The second-order valence-electron chi connectivity index (χ2n) is 4.88. The van der Waals surface area contributed by atoms with Gasteiger partial charge in [-0.05, 0) is 23.1 Å². The summed E-state index contributed by atoms with van der Waals surface area (Å²) in [5.74, 6) is -0.892. The lowest BCUT2D eigenvalue weighted by molar-refractivity contribution is -0.143. The van der Waals surface area contributed by atoms with Gasteiger partial charge in [0.05, 0.1) is 13.0 Å². The molecule has 0 bridgehead atoms. The summed E-state index contributed by atoms with van der Waals surface area (Å²) in [4.78, 5) is 22.4. The SMILES string of the molecule is COC(=O)C(CC=O)c1ccc(Cc2ccccc2)cc1. The van der Waals surface area contributed by atoms with Gasteiger partial charge in [-0.25, -0.2) is 0 Å². The third kappa shape index (κ3) is 4.02. The van der Waals surface area contributed by atoms with Crippen LogP contribution in [0.1, 0.15) is 29.0 Å². The van der Waals surface area contributed by atoms with Crippen LogP contribution in [0, 0.1) is 0 Å². The number of hydrogen-bond donors (Lipinski definition) is 0. The predicted octanol–water partition coefficient (Wildman–Crippen LogP) is 3.12. The van der Waals surface area contributed by atoms with Gasteiger partial charge in [0, 0.05) is 6.42 Å². The Kier molecular flexibility index (Phi) is 5.27. The highest BCUT2D eigenvalue weighted by Crippen LogP contribution is 2.21. The Morgan fingerprint density at radius 3 is 2.24 bits per heavy atom. The summed E-state index contributed by atoms with van der Waals surface area (Å²) in [5, 5.41) is 0. The summed E-state index contributed by atoms with van der Waals surface area (Å²) in [6.07, 6.45) is 1.74. The fourth-order valence-corrected chi connectivity index (χ4v) is 2.31. The molecular weight excluding hydrogens is 264 g/mol. The number of benzene rings is 2. The fraction of sp³-hybridized carbons (Fsp3) is 0.222. The molecule has 3 heteroatoms. The highest BCUT2D eigenvalue weighted by molar-refractivity contribution is 5.81. The molecule has 2 aromatic carbocycles. The van der Waals surface area contributed by atoms with Crippen molar-refractivity contribution in [3.8, 4) is 0 Å². The lowest BCUT2D eigenvalue weighted by Crippen LogP contribution is -2.14. The molecule has 0 radical (unpaired) electrons. The van der Waals surface area contributed by atoms with Gasteiger partial charge < -0.3 is 9.53 Å². The number of ether oxygens (including phenoxy) is 1. The van der Waals surface area contributed by atoms with Crippen LogP contribution in [0.3, 0.4) is 0 Å². The third-order valence-electron chi connectivity index (χ3n) is 3.45. The zero-order valence-corrected chi connectivity index (χ0v) is 12.0. The number of rotatable bonds is 6. The van der Waals surface area contributed by atoms with E-state index in [1.165, 1.54) is 18.2 Å². The summed E-state index contributed by atoms with van der Waals surface area (Å²) >= 11 is 0. The van der Waals surface area contributed by atoms with Crippen LogP contribution < -0.4 is 0 Å². The van der Waals surface area contributed by atoms with Crippen molar-refractivity contribution < 1.29 is 14.3 Å². The number of aldehydes is 1. The first-order valence-electron chi connectivity index (χ1n) is 6.89. The maximum absolute atomic E-state index is 11.7. The Balaban J connectivity index is 2.13. The maximum Gasteiger partial charge on any atom is 0.313 e. The Bertz CT molecular complexity index is 588. The van der Waals surface area contributed by atoms with Crippen LogP contribution in [0.15, 0.2) is 54.6 Å². The molecule has 21 heavy (non-hydrogen) atoms. The van der Waals surface area contributed by atoms with E-state index >= 15 is 0 Å². The van der Waals surface area contributed by atoms with Crippen LogP contribution in [0.5, 0.6) is 0 Å². The molecule has 0 saturated carbocycles. The molecule has 0 amide bonds. The van der Waals surface area contributed by atoms with Crippen molar-refractivity contribution in [1.29, 1.82) is 0 Å². The van der Waals surface area contributed by atoms with Crippen LogP contribution >= 0.6 is 0 Å². The van der Waals surface area contributed by atoms with E-state index in [9.17, 15) is 9.59 Å². The number of hydrogen-bond acceptors (Lipinski definition) is 3. The van der Waals surface area contributed by atoms with Gasteiger partial charge in [0.15, 0.2) is 0 Å². The van der Waals surface area contributed by atoms with E-state index in [1.54, 1.807) is 0 Å². The molecule has 0 heterocycles. The molecule has 0 fully saturated rings. The summed E-state index contributed by atoms with van der Waals surface area (Å²) in [6.45, 7) is 0. The molecule has 0 N–H and O–H groups in total. The Morgan fingerprint density at radius 1 is 1.05 bits per heavy atom. The molecule has 2 aromatic rings. The van der Waals surface area contributed by atoms with Gasteiger partial charge in [-0.15, -0.1) is 0 Å². The van der Waals surface area contributed by atoms with Gasteiger partial charge in [0.1, 0.15) is 6.29 Å². The maximum atomic E-state index is 11.7. The van der Waals surface area contributed by atoms with Crippen LogP contribution in [-0.4, -0.2) is 19.4 Å². The monoisotopic (exact) mass is 282 g/mol. The molecule has 2 rings (SSSR count). The smallest absolute Gasteiger partial charge is 0.313 e. The second-order valence-corrected chi connectivity index (χ2v) is 4.88. The van der Waals surface area contributed by atoms with E-state index in [1.807, 2.05) is 42.5 Å². The van der Waals surface area contributed by atoms with E-state index < -0.39 is 5.92 Å². The lowest BCUT2D eigenvalue weighted by atomic mass is 9.94. The van der Waals surface area contributed by atoms with Crippen LogP contribution in [-0.2, 0) is 20.7 Å². The Labute approximate surface area is 124 Å². The van der Waals surface area contributed by atoms with Gasteiger partial charge in [-0.2, -0.15) is 0 Å².